The van der Waals surface area contributed by atoms with Crippen molar-refractivity contribution in [3.63, 3.8) is 0 Å². The van der Waals surface area contributed by atoms with Gasteiger partial charge in [-0.15, -0.1) is 12.4 Å². The summed E-state index contributed by atoms with van der Waals surface area (Å²) in [6.45, 7) is 0.924. The molecule has 1 N–H and O–H groups in total. The van der Waals surface area contributed by atoms with E-state index in [9.17, 15) is 5.11 Å². The van der Waals surface area contributed by atoms with Gasteiger partial charge < -0.3 is 14.7 Å². The molecular formula is C16H26ClNO2. The van der Waals surface area contributed by atoms with Crippen LogP contribution in [0.5, 0.6) is 5.75 Å². The zero-order valence-electron chi connectivity index (χ0n) is 12.6. The second-order valence-corrected chi connectivity index (χ2v) is 5.86. The van der Waals surface area contributed by atoms with E-state index < -0.39 is 5.60 Å². The predicted octanol–water partition coefficient (Wildman–Crippen LogP) is 3.06. The zero-order chi connectivity index (χ0) is 13.9. The first-order valence-corrected chi connectivity index (χ1v) is 7.08. The van der Waals surface area contributed by atoms with Crippen molar-refractivity contribution in [2.24, 2.45) is 5.92 Å². The minimum absolute atomic E-state index is 0. The van der Waals surface area contributed by atoms with Crippen molar-refractivity contribution in [1.82, 2.24) is 4.90 Å². The van der Waals surface area contributed by atoms with E-state index in [-0.39, 0.29) is 12.4 Å². The number of halogens is 1. The Morgan fingerprint density at radius 3 is 2.75 bits per heavy atom. The summed E-state index contributed by atoms with van der Waals surface area (Å²) in [6, 6.07) is 7.90. The molecule has 1 saturated carbocycles. The highest BCUT2D eigenvalue weighted by Gasteiger charge is 2.40. The fourth-order valence-electron chi connectivity index (χ4n) is 3.18. The molecule has 0 radical (unpaired) electrons. The lowest BCUT2D eigenvalue weighted by atomic mass is 9.71. The Balaban J connectivity index is 0.00000200. The second-order valence-electron chi connectivity index (χ2n) is 5.86. The van der Waals surface area contributed by atoms with Crippen molar-refractivity contribution in [2.75, 3.05) is 27.7 Å². The summed E-state index contributed by atoms with van der Waals surface area (Å²) >= 11 is 0. The quantitative estimate of drug-likeness (QED) is 0.927. The van der Waals surface area contributed by atoms with Crippen LogP contribution in [0.4, 0.5) is 0 Å². The molecule has 0 heterocycles. The summed E-state index contributed by atoms with van der Waals surface area (Å²) in [4.78, 5) is 2.17. The van der Waals surface area contributed by atoms with Gasteiger partial charge in [0.15, 0.2) is 0 Å². The van der Waals surface area contributed by atoms with Crippen molar-refractivity contribution >= 4 is 12.4 Å². The molecule has 1 aliphatic rings. The van der Waals surface area contributed by atoms with E-state index in [0.717, 1.165) is 37.1 Å². The van der Waals surface area contributed by atoms with Crippen LogP contribution in [0.15, 0.2) is 24.3 Å². The summed E-state index contributed by atoms with van der Waals surface area (Å²) in [5.41, 5.74) is 0.287. The molecule has 0 aromatic heterocycles. The van der Waals surface area contributed by atoms with Crippen LogP contribution in [0.1, 0.15) is 31.2 Å². The lowest BCUT2D eigenvalue weighted by molar-refractivity contribution is -0.0619. The van der Waals surface area contributed by atoms with E-state index in [0.29, 0.717) is 5.92 Å². The van der Waals surface area contributed by atoms with E-state index in [2.05, 4.69) is 19.0 Å². The van der Waals surface area contributed by atoms with Gasteiger partial charge in [-0.05, 0) is 44.6 Å². The normalized spacial score (nSPS) is 26.1. The third-order valence-corrected chi connectivity index (χ3v) is 4.19. The van der Waals surface area contributed by atoms with E-state index in [1.54, 1.807) is 7.11 Å². The molecule has 1 unspecified atom stereocenters. The van der Waals surface area contributed by atoms with Crippen LogP contribution in [-0.4, -0.2) is 37.8 Å². The number of hydrogen-bond acceptors (Lipinski definition) is 3. The summed E-state index contributed by atoms with van der Waals surface area (Å²) in [6.07, 6.45) is 4.24. The summed E-state index contributed by atoms with van der Waals surface area (Å²) in [5, 5.41) is 11.2. The highest BCUT2D eigenvalue weighted by atomic mass is 35.5. The van der Waals surface area contributed by atoms with Crippen molar-refractivity contribution in [2.45, 2.75) is 31.3 Å². The number of methoxy groups -OCH3 is 1. The van der Waals surface area contributed by atoms with Crippen molar-refractivity contribution < 1.29 is 9.84 Å². The van der Waals surface area contributed by atoms with E-state index in [1.165, 1.54) is 6.42 Å². The van der Waals surface area contributed by atoms with Gasteiger partial charge in [0.25, 0.3) is 0 Å². The maximum absolute atomic E-state index is 11.2. The smallest absolute Gasteiger partial charge is 0.119 e. The Morgan fingerprint density at radius 2 is 2.10 bits per heavy atom. The Bertz CT molecular complexity index is 425. The predicted molar refractivity (Wildman–Crippen MR) is 84.7 cm³/mol. The van der Waals surface area contributed by atoms with Crippen molar-refractivity contribution in [3.8, 4) is 5.75 Å². The molecule has 0 aliphatic heterocycles. The van der Waals surface area contributed by atoms with E-state index in [4.69, 9.17) is 4.74 Å². The standard InChI is InChI=1S/C16H25NO2.ClH/c1-17(2)12-14-7-4-5-10-16(14,18)13-8-6-9-15(11-13)19-3;/h6,8-9,11,14,18H,4-5,7,10,12H2,1-3H3;1H/t14-,16?;/m1./s1. The number of ether oxygens (including phenoxy) is 1. The largest absolute Gasteiger partial charge is 0.497 e. The topological polar surface area (TPSA) is 32.7 Å². The summed E-state index contributed by atoms with van der Waals surface area (Å²) < 4.78 is 5.29. The maximum atomic E-state index is 11.2. The van der Waals surface area contributed by atoms with E-state index >= 15 is 0 Å². The molecule has 0 bridgehead atoms. The SMILES string of the molecule is COc1cccc(C2(O)CCCC[C@@H]2CN(C)C)c1.Cl. The first-order valence-electron chi connectivity index (χ1n) is 7.08. The number of hydrogen-bond donors (Lipinski definition) is 1. The lowest BCUT2D eigenvalue weighted by Gasteiger charge is -2.41. The van der Waals surface area contributed by atoms with Crippen LogP contribution in [-0.2, 0) is 5.60 Å². The Kier molecular flexibility index (Phi) is 6.31. The zero-order valence-corrected chi connectivity index (χ0v) is 13.4. The summed E-state index contributed by atoms with van der Waals surface area (Å²) in [5.74, 6) is 1.11. The highest BCUT2D eigenvalue weighted by molar-refractivity contribution is 5.85. The van der Waals surface area contributed by atoms with Crippen molar-refractivity contribution in [1.29, 1.82) is 0 Å². The van der Waals surface area contributed by atoms with Gasteiger partial charge in [-0.3, -0.25) is 0 Å². The Morgan fingerprint density at radius 1 is 1.35 bits per heavy atom. The minimum atomic E-state index is -0.711. The molecule has 4 heteroatoms. The van der Waals surface area contributed by atoms with Crippen LogP contribution in [0, 0.1) is 5.92 Å². The van der Waals surface area contributed by atoms with Crippen LogP contribution < -0.4 is 4.74 Å². The number of nitrogens with zero attached hydrogens (tertiary/aromatic N) is 1. The first-order chi connectivity index (χ1) is 9.06. The number of benzene rings is 1. The van der Waals surface area contributed by atoms with Gasteiger partial charge in [0.2, 0.25) is 0 Å². The lowest BCUT2D eigenvalue weighted by Crippen LogP contribution is -2.43. The van der Waals surface area contributed by atoms with Gasteiger partial charge in [0.1, 0.15) is 5.75 Å². The van der Waals surface area contributed by atoms with Crippen LogP contribution >= 0.6 is 12.4 Å². The fourth-order valence-corrected chi connectivity index (χ4v) is 3.18. The van der Waals surface area contributed by atoms with Gasteiger partial charge in [-0.2, -0.15) is 0 Å². The molecule has 1 aliphatic carbocycles. The number of aliphatic hydroxyl groups is 1. The molecule has 1 aromatic rings. The first kappa shape index (κ1) is 17.3. The monoisotopic (exact) mass is 299 g/mol. The molecule has 2 atom stereocenters. The average molecular weight is 300 g/mol. The maximum Gasteiger partial charge on any atom is 0.119 e. The number of rotatable bonds is 4. The molecule has 0 saturated heterocycles. The third-order valence-electron chi connectivity index (χ3n) is 4.19. The minimum Gasteiger partial charge on any atom is -0.497 e. The average Bonchev–Trinajstić information content (AvgIpc) is 2.41. The second kappa shape index (κ2) is 7.30. The molecule has 1 fully saturated rings. The van der Waals surface area contributed by atoms with E-state index in [1.807, 2.05) is 24.3 Å². The Labute approximate surface area is 128 Å². The van der Waals surface area contributed by atoms with Crippen molar-refractivity contribution in [3.05, 3.63) is 29.8 Å². The molecule has 0 amide bonds. The van der Waals surface area contributed by atoms with Gasteiger partial charge in [-0.25, -0.2) is 0 Å². The molecule has 1 aromatic carbocycles. The van der Waals surface area contributed by atoms with Crippen LogP contribution in [0.25, 0.3) is 0 Å². The molecular weight excluding hydrogens is 274 g/mol. The van der Waals surface area contributed by atoms with Gasteiger partial charge in [-0.1, -0.05) is 25.0 Å². The fraction of sp³-hybridized carbons (Fsp3) is 0.625. The highest BCUT2D eigenvalue weighted by Crippen LogP contribution is 2.42. The Hall–Kier alpha value is -0.770. The van der Waals surface area contributed by atoms with Gasteiger partial charge in [0.05, 0.1) is 12.7 Å². The molecule has 114 valence electrons. The van der Waals surface area contributed by atoms with Gasteiger partial charge in [0, 0.05) is 12.5 Å². The molecule has 20 heavy (non-hydrogen) atoms. The summed E-state index contributed by atoms with van der Waals surface area (Å²) in [7, 11) is 5.81. The van der Waals surface area contributed by atoms with Crippen LogP contribution in [0.3, 0.4) is 0 Å². The third kappa shape index (κ3) is 3.66. The molecule has 0 spiro atoms. The molecule has 3 nitrogen and oxygen atoms in total. The molecule has 2 rings (SSSR count). The van der Waals surface area contributed by atoms with Crippen LogP contribution in [0.2, 0.25) is 0 Å². The van der Waals surface area contributed by atoms with Gasteiger partial charge >= 0.3 is 0 Å².